The van der Waals surface area contributed by atoms with Crippen LogP contribution >= 0.6 is 0 Å². The molecule has 6 N–H and O–H groups in total. The average Bonchev–Trinajstić information content (AvgIpc) is 2.58. The summed E-state index contributed by atoms with van der Waals surface area (Å²) in [6, 6.07) is 0. The fourth-order valence-corrected chi connectivity index (χ4v) is 3.05. The van der Waals surface area contributed by atoms with Gasteiger partial charge >= 0.3 is 0 Å². The Morgan fingerprint density at radius 1 is 0.792 bits per heavy atom. The van der Waals surface area contributed by atoms with Gasteiger partial charge < -0.3 is 49.6 Å². The first-order chi connectivity index (χ1) is 11.3. The minimum Gasteiger partial charge on any atom is -0.394 e. The molecule has 4 unspecified atom stereocenters. The van der Waals surface area contributed by atoms with E-state index >= 15 is 0 Å². The second-order valence-corrected chi connectivity index (χ2v) is 6.05. The Labute approximate surface area is 139 Å². The number of rotatable bonds is 5. The maximum Gasteiger partial charge on any atom is 0.187 e. The van der Waals surface area contributed by atoms with Crippen molar-refractivity contribution in [3.8, 4) is 0 Å². The fourth-order valence-electron chi connectivity index (χ4n) is 3.05. The van der Waals surface area contributed by atoms with Gasteiger partial charge in [-0.05, 0) is 6.92 Å². The fraction of sp³-hybridized carbons (Fsp3) is 1.00. The Kier molecular flexibility index (Phi) is 6.90. The molecule has 24 heavy (non-hydrogen) atoms. The molecule has 0 aliphatic carbocycles. The van der Waals surface area contributed by atoms with Gasteiger partial charge in [-0.25, -0.2) is 0 Å². The zero-order chi connectivity index (χ0) is 18.0. The largest absolute Gasteiger partial charge is 0.394 e. The van der Waals surface area contributed by atoms with Gasteiger partial charge in [-0.3, -0.25) is 0 Å². The van der Waals surface area contributed by atoms with E-state index in [0.717, 1.165) is 0 Å². The van der Waals surface area contributed by atoms with E-state index in [1.54, 1.807) is 6.92 Å². The quantitative estimate of drug-likeness (QED) is 0.290. The van der Waals surface area contributed by atoms with Gasteiger partial charge in [-0.2, -0.15) is 0 Å². The van der Waals surface area contributed by atoms with Crippen molar-refractivity contribution in [3.05, 3.63) is 0 Å². The van der Waals surface area contributed by atoms with Crippen molar-refractivity contribution in [1.29, 1.82) is 0 Å². The van der Waals surface area contributed by atoms with E-state index in [9.17, 15) is 30.6 Å². The maximum atomic E-state index is 10.2. The van der Waals surface area contributed by atoms with Crippen LogP contribution in [0, 0.1) is 0 Å². The van der Waals surface area contributed by atoms with E-state index in [2.05, 4.69) is 0 Å². The van der Waals surface area contributed by atoms with Crippen LogP contribution in [0.25, 0.3) is 0 Å². The highest BCUT2D eigenvalue weighted by Gasteiger charge is 2.49. The van der Waals surface area contributed by atoms with E-state index in [1.165, 1.54) is 7.11 Å². The van der Waals surface area contributed by atoms with Crippen molar-refractivity contribution < 1.29 is 49.6 Å². The number of aliphatic hydroxyl groups is 6. The molecule has 2 aliphatic heterocycles. The molecule has 0 aromatic heterocycles. The molecule has 2 aliphatic rings. The number of hydrogen-bond donors (Lipinski definition) is 6. The predicted octanol–water partition coefficient (Wildman–Crippen LogP) is -3.67. The SMILES string of the molecule is CO[C@@H]1C(O[C@H]2OC(CO)[C@H](O)[C@H](O)C2O)[C@@H](C)OC(CO)[C@@H]1O. The number of hydrogen-bond acceptors (Lipinski definition) is 10. The summed E-state index contributed by atoms with van der Waals surface area (Å²) >= 11 is 0. The Hall–Kier alpha value is -0.400. The summed E-state index contributed by atoms with van der Waals surface area (Å²) in [4.78, 5) is 0. The van der Waals surface area contributed by atoms with Crippen molar-refractivity contribution in [2.75, 3.05) is 20.3 Å². The van der Waals surface area contributed by atoms with E-state index in [-0.39, 0.29) is 0 Å². The minimum atomic E-state index is -1.57. The van der Waals surface area contributed by atoms with Crippen molar-refractivity contribution in [1.82, 2.24) is 0 Å². The summed E-state index contributed by atoms with van der Waals surface area (Å²) in [6.45, 7) is 0.651. The molecule has 142 valence electrons. The smallest absolute Gasteiger partial charge is 0.187 e. The molecular formula is C14H26O10. The third-order valence-corrected chi connectivity index (χ3v) is 4.49. The first kappa shape index (κ1) is 19.9. The monoisotopic (exact) mass is 354 g/mol. The van der Waals surface area contributed by atoms with Crippen LogP contribution in [0.4, 0.5) is 0 Å². The Morgan fingerprint density at radius 3 is 1.92 bits per heavy atom. The van der Waals surface area contributed by atoms with E-state index in [0.29, 0.717) is 0 Å². The van der Waals surface area contributed by atoms with Crippen LogP contribution in [0.1, 0.15) is 6.92 Å². The van der Waals surface area contributed by atoms with Crippen LogP contribution in [-0.4, -0.2) is 112 Å². The predicted molar refractivity (Wildman–Crippen MR) is 76.9 cm³/mol. The lowest BCUT2D eigenvalue weighted by atomic mass is 9.94. The molecule has 0 bridgehead atoms. The van der Waals surface area contributed by atoms with Crippen molar-refractivity contribution in [3.63, 3.8) is 0 Å². The standard InChI is InChI=1S/C14H26O10/c1-5-12(13(21-2)9(18)7(4-16)22-5)24-14-11(20)10(19)8(17)6(3-15)23-14/h5-20H,3-4H2,1-2H3/t5-,6?,7?,8+,9+,10+,11?,12?,13+,14-/m1/s1. The topological polar surface area (TPSA) is 158 Å². The summed E-state index contributed by atoms with van der Waals surface area (Å²) in [5.41, 5.74) is 0. The summed E-state index contributed by atoms with van der Waals surface area (Å²) < 4.78 is 21.6. The zero-order valence-corrected chi connectivity index (χ0v) is 13.5. The second kappa shape index (κ2) is 8.32. The number of ether oxygens (including phenoxy) is 4. The van der Waals surface area contributed by atoms with Gasteiger partial charge in [-0.15, -0.1) is 0 Å². The summed E-state index contributed by atoms with van der Waals surface area (Å²) in [7, 11) is 1.35. The van der Waals surface area contributed by atoms with E-state index < -0.39 is 74.4 Å². The van der Waals surface area contributed by atoms with Gasteiger partial charge in [-0.1, -0.05) is 0 Å². The molecule has 10 atom stereocenters. The van der Waals surface area contributed by atoms with Gasteiger partial charge in [0.2, 0.25) is 0 Å². The minimum absolute atomic E-state index is 0.405. The molecule has 0 aromatic carbocycles. The molecule has 2 rings (SSSR count). The average molecular weight is 354 g/mol. The lowest BCUT2D eigenvalue weighted by molar-refractivity contribution is -0.341. The lowest BCUT2D eigenvalue weighted by Crippen LogP contribution is -2.64. The molecule has 2 saturated heterocycles. The van der Waals surface area contributed by atoms with Crippen molar-refractivity contribution >= 4 is 0 Å². The number of aliphatic hydroxyl groups excluding tert-OH is 6. The van der Waals surface area contributed by atoms with Crippen LogP contribution in [-0.2, 0) is 18.9 Å². The number of methoxy groups -OCH3 is 1. The van der Waals surface area contributed by atoms with E-state index in [1.807, 2.05) is 0 Å². The van der Waals surface area contributed by atoms with Crippen LogP contribution in [0.3, 0.4) is 0 Å². The van der Waals surface area contributed by atoms with Gasteiger partial charge in [0.1, 0.15) is 48.8 Å². The highest BCUT2D eigenvalue weighted by atomic mass is 16.7. The maximum absolute atomic E-state index is 10.2. The highest BCUT2D eigenvalue weighted by molar-refractivity contribution is 4.95. The third-order valence-electron chi connectivity index (χ3n) is 4.49. The highest BCUT2D eigenvalue weighted by Crippen LogP contribution is 2.30. The lowest BCUT2D eigenvalue weighted by Gasteiger charge is -2.46. The molecule has 0 saturated carbocycles. The van der Waals surface area contributed by atoms with Crippen LogP contribution in [0.2, 0.25) is 0 Å². The molecule has 2 fully saturated rings. The molecule has 0 amide bonds. The van der Waals surface area contributed by atoms with Gasteiger partial charge in [0.05, 0.1) is 19.3 Å². The van der Waals surface area contributed by atoms with E-state index in [4.69, 9.17) is 18.9 Å². The van der Waals surface area contributed by atoms with Crippen molar-refractivity contribution in [2.24, 2.45) is 0 Å². The Balaban J connectivity index is 2.12. The molecule has 0 radical (unpaired) electrons. The summed E-state index contributed by atoms with van der Waals surface area (Å²) in [6.07, 6.45) is -11.5. The molecule has 10 heteroatoms. The summed E-state index contributed by atoms with van der Waals surface area (Å²) in [5, 5.41) is 58.2. The van der Waals surface area contributed by atoms with Gasteiger partial charge in [0, 0.05) is 7.11 Å². The van der Waals surface area contributed by atoms with Gasteiger partial charge in [0.15, 0.2) is 6.29 Å². The van der Waals surface area contributed by atoms with Crippen LogP contribution in [0.15, 0.2) is 0 Å². The van der Waals surface area contributed by atoms with Crippen LogP contribution in [0.5, 0.6) is 0 Å². The van der Waals surface area contributed by atoms with Crippen LogP contribution < -0.4 is 0 Å². The molecule has 0 spiro atoms. The zero-order valence-electron chi connectivity index (χ0n) is 13.5. The normalized spacial score (nSPS) is 50.0. The van der Waals surface area contributed by atoms with Crippen molar-refractivity contribution in [2.45, 2.75) is 68.1 Å². The first-order valence-corrected chi connectivity index (χ1v) is 7.78. The second-order valence-electron chi connectivity index (χ2n) is 6.05. The first-order valence-electron chi connectivity index (χ1n) is 7.78. The third kappa shape index (κ3) is 3.73. The molecule has 0 aromatic rings. The molecule has 2 heterocycles. The molecular weight excluding hydrogens is 328 g/mol. The molecule has 10 nitrogen and oxygen atoms in total. The Bertz CT molecular complexity index is 394. The summed E-state index contributed by atoms with van der Waals surface area (Å²) in [5.74, 6) is 0. The Morgan fingerprint density at radius 2 is 1.38 bits per heavy atom. The van der Waals surface area contributed by atoms with Gasteiger partial charge in [0.25, 0.3) is 0 Å².